The molecule has 0 bridgehead atoms. The summed E-state index contributed by atoms with van der Waals surface area (Å²) in [6.45, 7) is 2.99. The lowest BCUT2D eigenvalue weighted by atomic mass is 9.86. The first-order valence-corrected chi connectivity index (χ1v) is 10.5. The van der Waals surface area contributed by atoms with Crippen LogP contribution in [0.3, 0.4) is 0 Å². The van der Waals surface area contributed by atoms with Gasteiger partial charge in [0.15, 0.2) is 0 Å². The molecule has 0 radical (unpaired) electrons. The topological polar surface area (TPSA) is 59.0 Å². The number of morpholine rings is 1. The van der Waals surface area contributed by atoms with Crippen molar-refractivity contribution in [3.8, 4) is 0 Å². The summed E-state index contributed by atoms with van der Waals surface area (Å²) >= 11 is 0. The van der Waals surface area contributed by atoms with Crippen LogP contribution >= 0.6 is 0 Å². The molecule has 5 nitrogen and oxygen atoms in total. The van der Waals surface area contributed by atoms with Gasteiger partial charge in [0, 0.05) is 19.6 Å². The van der Waals surface area contributed by atoms with E-state index in [2.05, 4.69) is 17.0 Å². The first-order chi connectivity index (χ1) is 15.2. The second kappa shape index (κ2) is 9.88. The van der Waals surface area contributed by atoms with Crippen molar-refractivity contribution < 1.29 is 19.4 Å². The average molecular weight is 418 g/mol. The van der Waals surface area contributed by atoms with Gasteiger partial charge in [0.2, 0.25) is 5.60 Å². The lowest BCUT2D eigenvalue weighted by Gasteiger charge is -2.33. The lowest BCUT2D eigenvalue weighted by molar-refractivity contribution is -0.168. The van der Waals surface area contributed by atoms with Gasteiger partial charge in [-0.3, -0.25) is 4.90 Å². The number of carbonyl (C=O) groups is 1. The molecule has 5 heteroatoms. The quantitative estimate of drug-likeness (QED) is 0.598. The number of esters is 1. The Labute approximate surface area is 182 Å². The van der Waals surface area contributed by atoms with Crippen molar-refractivity contribution in [2.24, 2.45) is 0 Å². The van der Waals surface area contributed by atoms with E-state index in [1.165, 1.54) is 5.56 Å². The van der Waals surface area contributed by atoms with Gasteiger partial charge in [-0.25, -0.2) is 4.79 Å². The summed E-state index contributed by atoms with van der Waals surface area (Å²) in [7, 11) is 0. The number of carbonyl (C=O) groups excluding carboxylic acids is 1. The number of hydrogen-bond donors (Lipinski definition) is 1. The Balaban J connectivity index is 1.43. The van der Waals surface area contributed by atoms with Gasteiger partial charge in [0.05, 0.1) is 6.61 Å². The molecule has 1 aliphatic heterocycles. The minimum atomic E-state index is -1.87. The zero-order valence-corrected chi connectivity index (χ0v) is 17.4. The van der Waals surface area contributed by atoms with Crippen molar-refractivity contribution in [3.63, 3.8) is 0 Å². The fourth-order valence-corrected chi connectivity index (χ4v) is 3.90. The van der Waals surface area contributed by atoms with Crippen LogP contribution in [-0.2, 0) is 26.4 Å². The standard InChI is InChI=1S/C26H27NO4/c28-25(26(29,22-12-6-2-7-13-22)23-14-8-3-9-15-23)31-20-24-19-27(16-17-30-24)18-21-10-4-1-5-11-21/h1-15,24,29H,16-20H2/t24-/m1/s1. The van der Waals surface area contributed by atoms with Crippen molar-refractivity contribution in [3.05, 3.63) is 108 Å². The Morgan fingerprint density at radius 2 is 1.48 bits per heavy atom. The zero-order valence-electron chi connectivity index (χ0n) is 17.4. The van der Waals surface area contributed by atoms with Crippen LogP contribution in [0.1, 0.15) is 16.7 Å². The van der Waals surface area contributed by atoms with Crippen LogP contribution in [0, 0.1) is 0 Å². The Morgan fingerprint density at radius 1 is 0.935 bits per heavy atom. The SMILES string of the molecule is O=C(OC[C@H]1CN(Cc2ccccc2)CCO1)C(O)(c1ccccc1)c1ccccc1. The Morgan fingerprint density at radius 3 is 2.06 bits per heavy atom. The van der Waals surface area contributed by atoms with Crippen LogP contribution in [0.15, 0.2) is 91.0 Å². The fraction of sp³-hybridized carbons (Fsp3) is 0.269. The largest absolute Gasteiger partial charge is 0.460 e. The summed E-state index contributed by atoms with van der Waals surface area (Å²) in [4.78, 5) is 15.4. The van der Waals surface area contributed by atoms with Gasteiger partial charge < -0.3 is 14.6 Å². The second-order valence-corrected chi connectivity index (χ2v) is 7.75. The highest BCUT2D eigenvalue weighted by Gasteiger charge is 2.42. The molecule has 0 aliphatic carbocycles. The second-order valence-electron chi connectivity index (χ2n) is 7.75. The van der Waals surface area contributed by atoms with Crippen LogP contribution in [0.4, 0.5) is 0 Å². The van der Waals surface area contributed by atoms with E-state index in [0.717, 1.165) is 13.1 Å². The molecule has 3 aromatic carbocycles. The molecule has 0 amide bonds. The highest BCUT2D eigenvalue weighted by molar-refractivity contribution is 5.85. The van der Waals surface area contributed by atoms with Gasteiger partial charge >= 0.3 is 5.97 Å². The maximum Gasteiger partial charge on any atom is 0.347 e. The van der Waals surface area contributed by atoms with Crippen molar-refractivity contribution in [2.45, 2.75) is 18.2 Å². The van der Waals surface area contributed by atoms with E-state index >= 15 is 0 Å². The third-order valence-electron chi connectivity index (χ3n) is 5.55. The van der Waals surface area contributed by atoms with Crippen LogP contribution in [0.25, 0.3) is 0 Å². The van der Waals surface area contributed by atoms with Gasteiger partial charge in [-0.15, -0.1) is 0 Å². The minimum Gasteiger partial charge on any atom is -0.460 e. The molecular weight excluding hydrogens is 390 g/mol. The Kier molecular flexibility index (Phi) is 6.77. The maximum absolute atomic E-state index is 13.1. The molecular formula is C26H27NO4. The minimum absolute atomic E-state index is 0.0894. The van der Waals surface area contributed by atoms with E-state index in [1.54, 1.807) is 48.5 Å². The normalized spacial score (nSPS) is 17.3. The molecule has 0 spiro atoms. The van der Waals surface area contributed by atoms with E-state index in [0.29, 0.717) is 24.3 Å². The first-order valence-electron chi connectivity index (χ1n) is 10.5. The summed E-state index contributed by atoms with van der Waals surface area (Å²) in [6, 6.07) is 28.1. The van der Waals surface area contributed by atoms with Gasteiger partial charge in [-0.1, -0.05) is 91.0 Å². The molecule has 31 heavy (non-hydrogen) atoms. The Bertz CT molecular complexity index is 923. The molecule has 3 aromatic rings. The predicted molar refractivity (Wildman–Crippen MR) is 118 cm³/mol. The van der Waals surface area contributed by atoms with Gasteiger partial charge in [0.1, 0.15) is 12.7 Å². The van der Waals surface area contributed by atoms with E-state index in [4.69, 9.17) is 9.47 Å². The molecule has 1 aliphatic rings. The van der Waals surface area contributed by atoms with Crippen LogP contribution in [-0.4, -0.2) is 48.4 Å². The predicted octanol–water partition coefficient (Wildman–Crippen LogP) is 3.37. The highest BCUT2D eigenvalue weighted by atomic mass is 16.6. The number of benzene rings is 3. The van der Waals surface area contributed by atoms with Crippen molar-refractivity contribution in [1.82, 2.24) is 4.90 Å². The number of aliphatic hydroxyl groups is 1. The van der Waals surface area contributed by atoms with Crippen LogP contribution in [0.2, 0.25) is 0 Å². The first kappa shape index (κ1) is 21.2. The van der Waals surface area contributed by atoms with Crippen LogP contribution in [0.5, 0.6) is 0 Å². The molecule has 4 rings (SSSR count). The molecule has 1 fully saturated rings. The molecule has 1 atom stereocenters. The third kappa shape index (κ3) is 5.02. The molecule has 160 valence electrons. The molecule has 0 unspecified atom stereocenters. The van der Waals surface area contributed by atoms with Gasteiger partial charge in [-0.2, -0.15) is 0 Å². The van der Waals surface area contributed by atoms with Gasteiger partial charge in [0.25, 0.3) is 0 Å². The van der Waals surface area contributed by atoms with Gasteiger partial charge in [-0.05, 0) is 16.7 Å². The average Bonchev–Trinajstić information content (AvgIpc) is 2.84. The van der Waals surface area contributed by atoms with E-state index in [-0.39, 0.29) is 12.7 Å². The Hall–Kier alpha value is -2.99. The number of nitrogens with zero attached hydrogens (tertiary/aromatic N) is 1. The van der Waals surface area contributed by atoms with Crippen molar-refractivity contribution >= 4 is 5.97 Å². The monoisotopic (exact) mass is 417 g/mol. The number of hydrogen-bond acceptors (Lipinski definition) is 5. The van der Waals surface area contributed by atoms with Crippen molar-refractivity contribution in [1.29, 1.82) is 0 Å². The third-order valence-corrected chi connectivity index (χ3v) is 5.55. The summed E-state index contributed by atoms with van der Waals surface area (Å²) < 4.78 is 11.4. The number of rotatable bonds is 7. The molecule has 1 saturated heterocycles. The lowest BCUT2D eigenvalue weighted by Crippen LogP contribution is -2.46. The summed E-state index contributed by atoms with van der Waals surface area (Å²) in [5, 5.41) is 11.5. The van der Waals surface area contributed by atoms with E-state index < -0.39 is 11.6 Å². The maximum atomic E-state index is 13.1. The van der Waals surface area contributed by atoms with E-state index in [1.807, 2.05) is 30.3 Å². The molecule has 0 aromatic heterocycles. The van der Waals surface area contributed by atoms with Crippen LogP contribution < -0.4 is 0 Å². The van der Waals surface area contributed by atoms with E-state index in [9.17, 15) is 9.90 Å². The summed E-state index contributed by atoms with van der Waals surface area (Å²) in [6.07, 6.45) is -0.239. The molecule has 0 saturated carbocycles. The fourth-order valence-electron chi connectivity index (χ4n) is 3.90. The highest BCUT2D eigenvalue weighted by Crippen LogP contribution is 2.31. The summed E-state index contributed by atoms with van der Waals surface area (Å²) in [5.41, 5.74) is 0.312. The zero-order chi connectivity index (χ0) is 21.5. The van der Waals surface area contributed by atoms with Crippen molar-refractivity contribution in [2.75, 3.05) is 26.3 Å². The molecule has 1 heterocycles. The molecule has 1 N–H and O–H groups in total. The number of ether oxygens (including phenoxy) is 2. The smallest absolute Gasteiger partial charge is 0.347 e. The summed E-state index contributed by atoms with van der Waals surface area (Å²) in [5.74, 6) is -0.700.